The molecule has 2 radical (unpaired) electrons. The monoisotopic (exact) mass is 537 g/mol. The number of anilines is 2. The van der Waals surface area contributed by atoms with E-state index in [9.17, 15) is 0 Å². The average Bonchev–Trinajstić information content (AvgIpc) is 3.10. The van der Waals surface area contributed by atoms with Gasteiger partial charge in [0, 0.05) is 0 Å². The van der Waals surface area contributed by atoms with Crippen molar-refractivity contribution < 1.29 is 5.11 Å². The van der Waals surface area contributed by atoms with Gasteiger partial charge in [0.1, 0.15) is 0 Å². The Bertz CT molecular complexity index is 1190. The summed E-state index contributed by atoms with van der Waals surface area (Å²) in [5.74, 6) is 0.735. The summed E-state index contributed by atoms with van der Waals surface area (Å²) in [5.41, 5.74) is 11.4. The third-order valence-electron chi connectivity index (χ3n) is 5.56. The number of hydrogen-bond donors (Lipinski definition) is 3. The molecule has 6 nitrogen and oxygen atoms in total. The molecule has 0 atom stereocenters. The third kappa shape index (κ3) is 4.26. The van der Waals surface area contributed by atoms with Crippen molar-refractivity contribution in [2.24, 2.45) is 0 Å². The molecule has 1 fully saturated rings. The molecule has 1 aliphatic rings. The van der Waals surface area contributed by atoms with E-state index in [1.54, 1.807) is 11.3 Å². The molecule has 8 heteroatoms. The van der Waals surface area contributed by atoms with Crippen LogP contribution in [0.5, 0.6) is 0 Å². The first-order valence-corrected chi connectivity index (χ1v) is 14.3. The zero-order valence-electron chi connectivity index (χ0n) is 17.0. The number of thiophene rings is 1. The Balaban J connectivity index is 1.60. The van der Waals surface area contributed by atoms with Crippen LogP contribution in [0.3, 0.4) is 0 Å². The maximum atomic E-state index is 8.99. The Kier molecular flexibility index (Phi) is 6.06. The van der Waals surface area contributed by atoms with Gasteiger partial charge in [-0.2, -0.15) is 0 Å². The molecule has 156 valence electrons. The molecule has 0 saturated heterocycles. The zero-order valence-corrected chi connectivity index (χ0v) is 20.7. The summed E-state index contributed by atoms with van der Waals surface area (Å²) < 4.78 is 2.33. The second-order valence-corrected chi connectivity index (χ2v) is 14.3. The van der Waals surface area contributed by atoms with Gasteiger partial charge in [-0.1, -0.05) is 0 Å². The number of aromatic nitrogens is 3. The van der Waals surface area contributed by atoms with Gasteiger partial charge in [-0.05, 0) is 0 Å². The average molecular weight is 536 g/mol. The van der Waals surface area contributed by atoms with E-state index in [-0.39, 0.29) is 6.61 Å². The van der Waals surface area contributed by atoms with Crippen molar-refractivity contribution in [1.29, 1.82) is 0 Å². The van der Waals surface area contributed by atoms with Gasteiger partial charge in [0.2, 0.25) is 0 Å². The molecule has 0 bridgehead atoms. The number of nitrogens with two attached hydrogens (primary N) is 1. The van der Waals surface area contributed by atoms with Crippen molar-refractivity contribution in [1.82, 2.24) is 15.0 Å². The summed E-state index contributed by atoms with van der Waals surface area (Å²) in [4.78, 5) is 15.1. The summed E-state index contributed by atoms with van der Waals surface area (Å²) in [6.45, 7) is 0.547. The van der Waals surface area contributed by atoms with E-state index in [2.05, 4.69) is 21.4 Å². The quantitative estimate of drug-likeness (QED) is 0.312. The molecule has 4 heterocycles. The first kappa shape index (κ1) is 20.7. The molecule has 4 aromatic rings. The van der Waals surface area contributed by atoms with Crippen LogP contribution >= 0.6 is 11.3 Å². The third-order valence-corrected chi connectivity index (χ3v) is 12.5. The molecule has 1 aliphatic carbocycles. The number of pyridine rings is 3. The fourth-order valence-electron chi connectivity index (χ4n) is 3.67. The van der Waals surface area contributed by atoms with Crippen LogP contribution in [0.15, 0.2) is 48.8 Å². The molecule has 0 spiro atoms. The van der Waals surface area contributed by atoms with Gasteiger partial charge in [0.15, 0.2) is 0 Å². The summed E-state index contributed by atoms with van der Waals surface area (Å²) in [6, 6.07) is 12.0. The van der Waals surface area contributed by atoms with Crippen molar-refractivity contribution in [3.8, 4) is 22.5 Å². The van der Waals surface area contributed by atoms with Gasteiger partial charge < -0.3 is 5.11 Å². The number of nitrogen functional groups attached to an aromatic ring is 1. The van der Waals surface area contributed by atoms with Gasteiger partial charge in [0.05, 0.1) is 0 Å². The van der Waals surface area contributed by atoms with Gasteiger partial charge >= 0.3 is 191 Å². The van der Waals surface area contributed by atoms with E-state index in [1.165, 1.54) is 22.2 Å². The standard InChI is InChI=1S/C19H16N5OS.C4H7.Sn/c20-14-11-26-19-18(14)13(15-3-1-2-6-21-15)9-16(24-19)12-4-5-17(23-10-12)22-7-8-25;1-2-4-3-1;/h1-6,9-10,25H,7-8,20H2,(H,22,23);1H,2-4H2;. The molecule has 5 rings (SSSR count). The molecule has 4 N–H and O–H groups in total. The number of nitrogens with one attached hydrogen (secondary N) is 1. The SMILES string of the molecule is Nc1[c]([Sn][CH]2CCC2)sc2nc(-c3ccc(NCCO)nc3)cc(-c3ccccn3)c12. The number of aliphatic hydroxyl groups excluding tert-OH is 1. The number of fused-ring (bicyclic) bond motifs is 1. The van der Waals surface area contributed by atoms with Crippen LogP contribution in [0.4, 0.5) is 11.5 Å². The summed E-state index contributed by atoms with van der Waals surface area (Å²) >= 11 is 1.09. The van der Waals surface area contributed by atoms with E-state index >= 15 is 0 Å². The van der Waals surface area contributed by atoms with Gasteiger partial charge in [0.25, 0.3) is 0 Å². The van der Waals surface area contributed by atoms with E-state index in [0.717, 1.165) is 48.2 Å². The Morgan fingerprint density at radius 2 is 2.06 bits per heavy atom. The van der Waals surface area contributed by atoms with E-state index in [1.807, 2.05) is 42.7 Å². The normalized spacial score (nSPS) is 14.0. The molecule has 31 heavy (non-hydrogen) atoms. The van der Waals surface area contributed by atoms with Crippen LogP contribution in [0, 0.1) is 0 Å². The second-order valence-electron chi connectivity index (χ2n) is 7.65. The minimum atomic E-state index is -0.699. The molecule has 1 saturated carbocycles. The Morgan fingerprint density at radius 1 is 1.16 bits per heavy atom. The number of nitrogens with zero attached hydrogens (tertiary/aromatic N) is 3. The molecule has 0 unspecified atom stereocenters. The van der Waals surface area contributed by atoms with Crippen LogP contribution in [0.1, 0.15) is 19.3 Å². The van der Waals surface area contributed by atoms with E-state index in [0.29, 0.717) is 6.54 Å². The fourth-order valence-corrected chi connectivity index (χ4v) is 10.9. The van der Waals surface area contributed by atoms with Crippen LogP contribution < -0.4 is 13.9 Å². The summed E-state index contributed by atoms with van der Waals surface area (Å²) in [6.07, 6.45) is 7.74. The molecule has 0 aliphatic heterocycles. The topological polar surface area (TPSA) is 97.0 Å². The Labute approximate surface area is 195 Å². The van der Waals surface area contributed by atoms with Crippen molar-refractivity contribution >= 4 is 57.1 Å². The molecule has 0 aromatic carbocycles. The van der Waals surface area contributed by atoms with Gasteiger partial charge in [-0.25, -0.2) is 0 Å². The summed E-state index contributed by atoms with van der Waals surface area (Å²) in [5, 5.41) is 13.1. The van der Waals surface area contributed by atoms with Crippen LogP contribution in [-0.2, 0) is 0 Å². The number of rotatable bonds is 7. The molecular formula is C23H23N5OSSn. The van der Waals surface area contributed by atoms with E-state index in [4.69, 9.17) is 15.8 Å². The Morgan fingerprint density at radius 3 is 2.74 bits per heavy atom. The predicted octanol–water partition coefficient (Wildman–Crippen LogP) is 3.71. The van der Waals surface area contributed by atoms with Gasteiger partial charge in [-0.15, -0.1) is 0 Å². The second kappa shape index (κ2) is 9.10. The van der Waals surface area contributed by atoms with Crippen LogP contribution in [0.25, 0.3) is 32.7 Å². The van der Waals surface area contributed by atoms with Gasteiger partial charge in [-0.3, -0.25) is 0 Å². The Hall–Kier alpha value is -2.23. The molecular weight excluding hydrogens is 513 g/mol. The maximum absolute atomic E-state index is 8.99. The number of hydrogen-bond acceptors (Lipinski definition) is 7. The first-order valence-electron chi connectivity index (χ1n) is 10.4. The van der Waals surface area contributed by atoms with Crippen molar-refractivity contribution in [3.63, 3.8) is 0 Å². The van der Waals surface area contributed by atoms with Crippen LogP contribution in [-0.4, -0.2) is 54.4 Å². The number of aliphatic hydroxyl groups is 1. The molecule has 4 aromatic heterocycles. The summed E-state index contributed by atoms with van der Waals surface area (Å²) in [7, 11) is 0. The fraction of sp³-hybridized carbons (Fsp3) is 0.261. The van der Waals surface area contributed by atoms with Crippen molar-refractivity contribution in [2.75, 3.05) is 24.2 Å². The van der Waals surface area contributed by atoms with E-state index < -0.39 is 21.1 Å². The predicted molar refractivity (Wildman–Crippen MR) is 129 cm³/mol. The first-order chi connectivity index (χ1) is 15.2. The molecule has 0 amide bonds. The zero-order chi connectivity index (χ0) is 21.2. The van der Waals surface area contributed by atoms with Crippen molar-refractivity contribution in [3.05, 3.63) is 48.8 Å². The minimum absolute atomic E-state index is 0.0716. The van der Waals surface area contributed by atoms with Crippen molar-refractivity contribution in [2.45, 2.75) is 23.2 Å². The van der Waals surface area contributed by atoms with Crippen LogP contribution in [0.2, 0.25) is 3.93 Å².